The molecule has 1 heterocycles. The summed E-state index contributed by atoms with van der Waals surface area (Å²) in [6.07, 6.45) is 1.65. The number of Topliss-reactive ketones (excluding diaryl/α,β-unsaturated/α-hetero) is 1. The molecule has 1 saturated heterocycles. The molecule has 18 heavy (non-hydrogen) atoms. The quantitative estimate of drug-likeness (QED) is 0.763. The Balaban J connectivity index is 1.85. The smallest absolute Gasteiger partial charge is 0.163 e. The maximum atomic E-state index is 11.9. The first-order chi connectivity index (χ1) is 8.79. The highest BCUT2D eigenvalue weighted by atomic mass is 16.7. The number of benzene rings is 1. The highest BCUT2D eigenvalue weighted by Crippen LogP contribution is 2.13. The summed E-state index contributed by atoms with van der Waals surface area (Å²) >= 11 is 0. The maximum Gasteiger partial charge on any atom is 0.163 e. The van der Waals surface area contributed by atoms with Gasteiger partial charge in [0.2, 0.25) is 0 Å². The minimum Gasteiger partial charge on any atom is -0.353 e. The van der Waals surface area contributed by atoms with E-state index < -0.39 is 0 Å². The van der Waals surface area contributed by atoms with Crippen molar-refractivity contribution in [3.05, 3.63) is 35.4 Å². The first kappa shape index (κ1) is 12.7. The van der Waals surface area contributed by atoms with Crippen molar-refractivity contribution in [1.82, 2.24) is 0 Å². The van der Waals surface area contributed by atoms with Gasteiger partial charge in [-0.15, -0.1) is 0 Å². The van der Waals surface area contributed by atoms with Crippen LogP contribution in [0.1, 0.15) is 35.2 Å². The second-order valence-corrected chi connectivity index (χ2v) is 4.18. The Labute approximate surface area is 106 Å². The van der Waals surface area contributed by atoms with Crippen molar-refractivity contribution in [3.8, 4) is 6.07 Å². The monoisotopic (exact) mass is 245 g/mol. The summed E-state index contributed by atoms with van der Waals surface area (Å²) in [4.78, 5) is 11.9. The fourth-order valence-corrected chi connectivity index (χ4v) is 1.83. The van der Waals surface area contributed by atoms with Crippen LogP contribution in [-0.4, -0.2) is 25.3 Å². The van der Waals surface area contributed by atoms with Crippen molar-refractivity contribution in [3.63, 3.8) is 0 Å². The van der Waals surface area contributed by atoms with Gasteiger partial charge in [-0.3, -0.25) is 4.79 Å². The van der Waals surface area contributed by atoms with Crippen LogP contribution in [0.5, 0.6) is 0 Å². The summed E-state index contributed by atoms with van der Waals surface area (Å²) < 4.78 is 10.8. The van der Waals surface area contributed by atoms with Crippen LogP contribution < -0.4 is 0 Å². The van der Waals surface area contributed by atoms with Crippen molar-refractivity contribution in [2.75, 3.05) is 13.2 Å². The van der Waals surface area contributed by atoms with Gasteiger partial charge in [0.05, 0.1) is 24.8 Å². The third-order valence-corrected chi connectivity index (χ3v) is 2.84. The zero-order valence-electron chi connectivity index (χ0n) is 10.1. The Hall–Kier alpha value is -1.70. The molecule has 1 aliphatic rings. The summed E-state index contributed by atoms with van der Waals surface area (Å²) in [5.74, 6) is 0.0530. The van der Waals surface area contributed by atoms with Gasteiger partial charge in [0, 0.05) is 18.4 Å². The fourth-order valence-electron chi connectivity index (χ4n) is 1.83. The van der Waals surface area contributed by atoms with Crippen LogP contribution in [0, 0.1) is 11.3 Å². The van der Waals surface area contributed by atoms with E-state index in [1.165, 1.54) is 0 Å². The van der Waals surface area contributed by atoms with E-state index in [0.29, 0.717) is 37.2 Å². The van der Waals surface area contributed by atoms with Gasteiger partial charge in [0.1, 0.15) is 0 Å². The van der Waals surface area contributed by atoms with Crippen LogP contribution in [-0.2, 0) is 9.47 Å². The first-order valence-corrected chi connectivity index (χ1v) is 6.06. The normalized spacial score (nSPS) is 16.2. The van der Waals surface area contributed by atoms with Crippen LogP contribution in [0.3, 0.4) is 0 Å². The molecule has 1 aromatic rings. The van der Waals surface area contributed by atoms with Crippen molar-refractivity contribution in [1.29, 1.82) is 5.26 Å². The number of hydrogen-bond acceptors (Lipinski definition) is 4. The van der Waals surface area contributed by atoms with E-state index in [4.69, 9.17) is 14.7 Å². The molecule has 4 heteroatoms. The summed E-state index contributed by atoms with van der Waals surface area (Å²) in [5, 5.41) is 8.67. The maximum absolute atomic E-state index is 11.9. The Morgan fingerprint density at radius 1 is 1.28 bits per heavy atom. The summed E-state index contributed by atoms with van der Waals surface area (Å²) in [5.41, 5.74) is 1.19. The van der Waals surface area contributed by atoms with Gasteiger partial charge in [-0.05, 0) is 18.6 Å². The Morgan fingerprint density at radius 2 is 1.94 bits per heavy atom. The van der Waals surface area contributed by atoms with Crippen molar-refractivity contribution in [2.45, 2.75) is 25.6 Å². The van der Waals surface area contributed by atoms with Crippen LogP contribution >= 0.6 is 0 Å². The number of carbonyl (C=O) groups is 1. The van der Waals surface area contributed by atoms with Crippen LogP contribution in [0.4, 0.5) is 0 Å². The molecule has 0 amide bonds. The van der Waals surface area contributed by atoms with Crippen LogP contribution in [0.2, 0.25) is 0 Å². The molecule has 0 radical (unpaired) electrons. The first-order valence-electron chi connectivity index (χ1n) is 6.06. The van der Waals surface area contributed by atoms with Gasteiger partial charge in [-0.2, -0.15) is 5.26 Å². The number of ketones is 1. The van der Waals surface area contributed by atoms with Gasteiger partial charge < -0.3 is 9.47 Å². The van der Waals surface area contributed by atoms with E-state index in [9.17, 15) is 4.79 Å². The van der Waals surface area contributed by atoms with Gasteiger partial charge in [-0.1, -0.05) is 12.1 Å². The van der Waals surface area contributed by atoms with Gasteiger partial charge in [0.25, 0.3) is 0 Å². The third kappa shape index (κ3) is 3.39. The molecular weight excluding hydrogens is 230 g/mol. The van der Waals surface area contributed by atoms with Crippen molar-refractivity contribution < 1.29 is 14.3 Å². The molecule has 0 unspecified atom stereocenters. The van der Waals surface area contributed by atoms with Gasteiger partial charge in [0.15, 0.2) is 12.1 Å². The van der Waals surface area contributed by atoms with E-state index in [2.05, 4.69) is 0 Å². The average Bonchev–Trinajstić information content (AvgIpc) is 2.46. The predicted octanol–water partition coefficient (Wildman–Crippen LogP) is 2.28. The Kier molecular flexibility index (Phi) is 4.46. The van der Waals surface area contributed by atoms with Gasteiger partial charge >= 0.3 is 0 Å². The van der Waals surface area contributed by atoms with E-state index in [1.54, 1.807) is 24.3 Å². The second-order valence-electron chi connectivity index (χ2n) is 4.18. The Bertz CT molecular complexity index is 441. The lowest BCUT2D eigenvalue weighted by Crippen LogP contribution is -2.25. The molecule has 0 aromatic heterocycles. The molecule has 0 aliphatic carbocycles. The van der Waals surface area contributed by atoms with E-state index in [0.717, 1.165) is 6.42 Å². The summed E-state index contributed by atoms with van der Waals surface area (Å²) in [6, 6.07) is 8.70. The number of ether oxygens (including phenoxy) is 2. The number of hydrogen-bond donors (Lipinski definition) is 0. The summed E-state index contributed by atoms with van der Waals surface area (Å²) in [7, 11) is 0. The van der Waals surface area contributed by atoms with E-state index in [1.807, 2.05) is 6.07 Å². The lowest BCUT2D eigenvalue weighted by atomic mass is 10.0. The standard InChI is InChI=1S/C14H15NO3/c15-10-11-2-4-12(5-3-11)13(16)6-7-14-17-8-1-9-18-14/h2-5,14H,1,6-9H2. The van der Waals surface area contributed by atoms with Crippen LogP contribution in [0.15, 0.2) is 24.3 Å². The highest BCUT2D eigenvalue weighted by molar-refractivity contribution is 5.96. The number of nitrogens with zero attached hydrogens (tertiary/aromatic N) is 1. The third-order valence-electron chi connectivity index (χ3n) is 2.84. The largest absolute Gasteiger partial charge is 0.353 e. The highest BCUT2D eigenvalue weighted by Gasteiger charge is 2.16. The molecule has 1 aliphatic heterocycles. The van der Waals surface area contributed by atoms with Crippen molar-refractivity contribution >= 4 is 5.78 Å². The topological polar surface area (TPSA) is 59.3 Å². The lowest BCUT2D eigenvalue weighted by Gasteiger charge is -2.22. The molecule has 0 spiro atoms. The molecule has 1 aromatic carbocycles. The lowest BCUT2D eigenvalue weighted by molar-refractivity contribution is -0.180. The average molecular weight is 245 g/mol. The summed E-state index contributed by atoms with van der Waals surface area (Å²) in [6.45, 7) is 1.41. The molecule has 2 rings (SSSR count). The number of rotatable bonds is 4. The predicted molar refractivity (Wildman–Crippen MR) is 65.0 cm³/mol. The Morgan fingerprint density at radius 3 is 2.56 bits per heavy atom. The molecule has 0 saturated carbocycles. The second kappa shape index (κ2) is 6.29. The SMILES string of the molecule is N#Cc1ccc(C(=O)CCC2OCCCO2)cc1. The molecule has 1 fully saturated rings. The van der Waals surface area contributed by atoms with Gasteiger partial charge in [-0.25, -0.2) is 0 Å². The molecule has 94 valence electrons. The minimum atomic E-state index is -0.249. The van der Waals surface area contributed by atoms with Crippen LogP contribution in [0.25, 0.3) is 0 Å². The molecular formula is C14H15NO3. The molecule has 0 atom stereocenters. The minimum absolute atomic E-state index is 0.0530. The van der Waals surface area contributed by atoms with E-state index >= 15 is 0 Å². The molecule has 4 nitrogen and oxygen atoms in total. The van der Waals surface area contributed by atoms with E-state index in [-0.39, 0.29) is 12.1 Å². The molecule has 0 N–H and O–H groups in total. The number of carbonyl (C=O) groups excluding carboxylic acids is 1. The zero-order valence-corrected chi connectivity index (χ0v) is 10.1. The number of nitriles is 1. The zero-order chi connectivity index (χ0) is 12.8. The molecule has 0 bridgehead atoms. The van der Waals surface area contributed by atoms with Crippen molar-refractivity contribution in [2.24, 2.45) is 0 Å². The fraction of sp³-hybridized carbons (Fsp3) is 0.429.